The number of hydrogen-bond donors (Lipinski definition) is 3. The molecule has 0 bridgehead atoms. The van der Waals surface area contributed by atoms with Gasteiger partial charge < -0.3 is 20.3 Å². The number of esters is 1. The molecule has 1 aromatic heterocycles. The number of nitrogens with one attached hydrogen (secondary N) is 1. The van der Waals surface area contributed by atoms with Gasteiger partial charge in [0.1, 0.15) is 6.10 Å². The molecule has 0 saturated heterocycles. The van der Waals surface area contributed by atoms with E-state index in [0.717, 1.165) is 32.1 Å². The van der Waals surface area contributed by atoms with Crippen molar-refractivity contribution in [3.8, 4) is 0 Å². The molecule has 41 heavy (non-hydrogen) atoms. The molecular weight excluding hydrogens is 516 g/mol. The van der Waals surface area contributed by atoms with Gasteiger partial charge >= 0.3 is 5.97 Å². The third kappa shape index (κ3) is 6.03. The highest BCUT2D eigenvalue weighted by Crippen LogP contribution is 2.66. The first-order valence-corrected chi connectivity index (χ1v) is 15.7. The zero-order chi connectivity index (χ0) is 29.4. The summed E-state index contributed by atoms with van der Waals surface area (Å²) in [6.07, 6.45) is 14.8. The molecule has 0 aromatic carbocycles. The van der Waals surface area contributed by atoms with Crippen molar-refractivity contribution in [1.82, 2.24) is 10.3 Å². The molecule has 3 N–H and O–H groups in total. The van der Waals surface area contributed by atoms with E-state index >= 15 is 0 Å². The Bertz CT molecular complexity index is 1180. The highest BCUT2D eigenvalue weighted by molar-refractivity contribution is 5.81. The Morgan fingerprint density at radius 1 is 1.07 bits per heavy atom. The number of hydrogen-bond acceptors (Lipinski definition) is 6. The molecule has 5 rings (SSSR count). The maximum Gasteiger partial charge on any atom is 0.306 e. The lowest BCUT2D eigenvalue weighted by atomic mass is 9.47. The monoisotopic (exact) mass is 564 g/mol. The normalized spacial score (nSPS) is 33.3. The van der Waals surface area contributed by atoms with E-state index in [9.17, 15) is 19.8 Å². The first-order valence-electron chi connectivity index (χ1n) is 15.7. The van der Waals surface area contributed by atoms with Gasteiger partial charge in [-0.2, -0.15) is 0 Å². The average molecular weight is 565 g/mol. The van der Waals surface area contributed by atoms with E-state index < -0.39 is 12.3 Å². The summed E-state index contributed by atoms with van der Waals surface area (Å²) in [7, 11) is 0. The minimum Gasteiger partial charge on any atom is -0.462 e. The number of carbonyl (C=O) groups excluding carboxylic acids is 2. The number of aromatic nitrogens is 1. The minimum absolute atomic E-state index is 0.00813. The summed E-state index contributed by atoms with van der Waals surface area (Å²) in [6, 6.07) is 3.51. The SMILES string of the molecule is CC(C)C[C@H](NC(=O)CCC(=O)O[C@H]1CC[C@@]2(C)C(=CC[C@@H]3[C@@H]2CC[C@]2(C)C(c4cccnc4)=CC[C@@H]32)C1)C(O)O. The predicted octanol–water partition coefficient (Wildman–Crippen LogP) is 5.57. The first kappa shape index (κ1) is 30.0. The van der Waals surface area contributed by atoms with Crippen molar-refractivity contribution in [3.63, 3.8) is 0 Å². The number of ether oxygens (including phenoxy) is 1. The number of aliphatic hydroxyl groups is 2. The van der Waals surface area contributed by atoms with Crippen LogP contribution in [0.1, 0.15) is 97.5 Å². The van der Waals surface area contributed by atoms with Crippen molar-refractivity contribution >= 4 is 17.4 Å². The molecule has 1 amide bonds. The van der Waals surface area contributed by atoms with E-state index in [2.05, 4.69) is 42.4 Å². The van der Waals surface area contributed by atoms with Crippen molar-refractivity contribution in [3.05, 3.63) is 47.8 Å². The van der Waals surface area contributed by atoms with Crippen LogP contribution in [0.3, 0.4) is 0 Å². The molecule has 2 saturated carbocycles. The molecule has 0 radical (unpaired) electrons. The van der Waals surface area contributed by atoms with Gasteiger partial charge in [-0.25, -0.2) is 0 Å². The number of amides is 1. The summed E-state index contributed by atoms with van der Waals surface area (Å²) in [6.45, 7) is 8.84. The van der Waals surface area contributed by atoms with E-state index in [1.54, 1.807) is 0 Å². The second kappa shape index (κ2) is 12.0. The third-order valence-electron chi connectivity index (χ3n) is 10.9. The van der Waals surface area contributed by atoms with Gasteiger partial charge in [0.25, 0.3) is 0 Å². The first-order chi connectivity index (χ1) is 19.5. The van der Waals surface area contributed by atoms with Gasteiger partial charge in [-0.15, -0.1) is 0 Å². The van der Waals surface area contributed by atoms with Crippen molar-refractivity contribution in [2.45, 2.75) is 110 Å². The second-order valence-electron chi connectivity index (χ2n) is 13.9. The Kier molecular flexibility index (Phi) is 8.77. The standard InChI is InChI=1S/C34H48N2O5/c1-21(2)18-29(32(39)40)36-30(37)11-12-31(38)41-24-13-15-33(3)23(19-24)7-8-25-27-10-9-26(22-6-5-17-35-20-22)34(27,4)16-14-28(25)33/h5-7,9,17,20-21,24-25,27-29,32,39-40H,8,10-16,18-19H2,1-4H3,(H,36,37)/t24-,25-,27-,28-,29-,33-,34+/m0/s1. The van der Waals surface area contributed by atoms with Gasteiger partial charge in [0, 0.05) is 25.2 Å². The number of aliphatic hydroxyl groups excluding tert-OH is 1. The summed E-state index contributed by atoms with van der Waals surface area (Å²) in [5.41, 5.74) is 4.57. The Morgan fingerprint density at radius 3 is 2.56 bits per heavy atom. The van der Waals surface area contributed by atoms with E-state index in [1.807, 2.05) is 32.3 Å². The van der Waals surface area contributed by atoms with E-state index in [0.29, 0.717) is 24.2 Å². The van der Waals surface area contributed by atoms with Crippen LogP contribution in [0.5, 0.6) is 0 Å². The second-order valence-corrected chi connectivity index (χ2v) is 13.9. The van der Waals surface area contributed by atoms with Crippen LogP contribution in [0.15, 0.2) is 42.3 Å². The van der Waals surface area contributed by atoms with E-state index in [1.165, 1.54) is 29.6 Å². The Hall–Kier alpha value is -2.51. The summed E-state index contributed by atoms with van der Waals surface area (Å²) in [5.74, 6) is 1.45. The van der Waals surface area contributed by atoms with Crippen LogP contribution in [-0.2, 0) is 14.3 Å². The zero-order valence-corrected chi connectivity index (χ0v) is 25.1. The Balaban J connectivity index is 1.16. The maximum absolute atomic E-state index is 12.7. The van der Waals surface area contributed by atoms with Gasteiger partial charge in [-0.3, -0.25) is 14.6 Å². The van der Waals surface area contributed by atoms with E-state index in [-0.39, 0.29) is 47.6 Å². The Labute approximate surface area is 244 Å². The molecule has 7 nitrogen and oxygen atoms in total. The maximum atomic E-state index is 12.7. The van der Waals surface area contributed by atoms with Gasteiger partial charge in [-0.05, 0) is 96.7 Å². The number of carbonyl (C=O) groups is 2. The fourth-order valence-electron chi connectivity index (χ4n) is 8.77. The van der Waals surface area contributed by atoms with Crippen LogP contribution >= 0.6 is 0 Å². The molecule has 0 unspecified atom stereocenters. The van der Waals surface area contributed by atoms with E-state index in [4.69, 9.17) is 4.74 Å². The van der Waals surface area contributed by atoms with Crippen LogP contribution < -0.4 is 5.32 Å². The summed E-state index contributed by atoms with van der Waals surface area (Å²) in [4.78, 5) is 29.4. The van der Waals surface area contributed by atoms with Gasteiger partial charge in [0.05, 0.1) is 12.5 Å². The van der Waals surface area contributed by atoms with Crippen LogP contribution in [-0.4, -0.2) is 45.5 Å². The summed E-state index contributed by atoms with van der Waals surface area (Å²) in [5, 5.41) is 21.7. The number of nitrogens with zero attached hydrogens (tertiary/aromatic N) is 1. The molecule has 0 spiro atoms. The summed E-state index contributed by atoms with van der Waals surface area (Å²) < 4.78 is 5.86. The number of fused-ring (bicyclic) bond motifs is 5. The third-order valence-corrected chi connectivity index (χ3v) is 10.9. The molecule has 1 aromatic rings. The molecular formula is C34H48N2O5. The highest BCUT2D eigenvalue weighted by Gasteiger charge is 2.57. The number of rotatable bonds is 9. The lowest BCUT2D eigenvalue weighted by Crippen LogP contribution is -2.50. The van der Waals surface area contributed by atoms with Gasteiger partial charge in [-0.1, -0.05) is 51.5 Å². The van der Waals surface area contributed by atoms with Crippen molar-refractivity contribution < 1.29 is 24.5 Å². The molecule has 0 aliphatic heterocycles. The molecule has 4 aliphatic carbocycles. The predicted molar refractivity (Wildman–Crippen MR) is 158 cm³/mol. The fourth-order valence-corrected chi connectivity index (χ4v) is 8.77. The Morgan fingerprint density at radius 2 is 1.85 bits per heavy atom. The largest absolute Gasteiger partial charge is 0.462 e. The minimum atomic E-state index is -1.63. The lowest BCUT2D eigenvalue weighted by molar-refractivity contribution is -0.152. The zero-order valence-electron chi connectivity index (χ0n) is 25.1. The number of allylic oxidation sites excluding steroid dienone is 3. The number of pyridine rings is 1. The molecule has 7 heteroatoms. The highest BCUT2D eigenvalue weighted by atomic mass is 16.5. The van der Waals surface area contributed by atoms with Gasteiger partial charge in [0.2, 0.25) is 5.91 Å². The fraction of sp³-hybridized carbons (Fsp3) is 0.676. The van der Waals surface area contributed by atoms with Crippen molar-refractivity contribution in [1.29, 1.82) is 0 Å². The molecule has 7 atom stereocenters. The van der Waals surface area contributed by atoms with Crippen molar-refractivity contribution in [2.75, 3.05) is 0 Å². The van der Waals surface area contributed by atoms with Crippen LogP contribution in [0, 0.1) is 34.5 Å². The van der Waals surface area contributed by atoms with Gasteiger partial charge in [0.15, 0.2) is 6.29 Å². The average Bonchev–Trinajstić information content (AvgIpc) is 3.29. The molecule has 224 valence electrons. The van der Waals surface area contributed by atoms with Crippen molar-refractivity contribution in [2.24, 2.45) is 34.5 Å². The molecule has 2 fully saturated rings. The summed E-state index contributed by atoms with van der Waals surface area (Å²) >= 11 is 0. The quantitative estimate of drug-likeness (QED) is 0.206. The molecule has 1 heterocycles. The topological polar surface area (TPSA) is 109 Å². The van der Waals surface area contributed by atoms with Crippen LogP contribution in [0.2, 0.25) is 0 Å². The smallest absolute Gasteiger partial charge is 0.306 e. The van der Waals surface area contributed by atoms with Crippen LogP contribution in [0.25, 0.3) is 5.57 Å². The molecule has 4 aliphatic rings. The lowest BCUT2D eigenvalue weighted by Gasteiger charge is -2.57. The van der Waals surface area contributed by atoms with Crippen LogP contribution in [0.4, 0.5) is 0 Å².